The number of hydrazine groups is 1. The van der Waals surface area contributed by atoms with Crippen molar-refractivity contribution in [2.24, 2.45) is 5.84 Å². The van der Waals surface area contributed by atoms with Crippen molar-refractivity contribution in [3.8, 4) is 5.75 Å². The van der Waals surface area contributed by atoms with Crippen LogP contribution in [0.25, 0.3) is 0 Å². The Balaban J connectivity index is 2.11. The van der Waals surface area contributed by atoms with Gasteiger partial charge in [-0.3, -0.25) is 5.84 Å². The van der Waals surface area contributed by atoms with Gasteiger partial charge < -0.3 is 4.74 Å². The SMILES string of the molecule is NNC(c1cccc(F)c1Br)c1cccc2c1OCCC2. The summed E-state index contributed by atoms with van der Waals surface area (Å²) in [6, 6.07) is 10.6. The number of nitrogens with two attached hydrogens (primary N) is 1. The van der Waals surface area contributed by atoms with Crippen molar-refractivity contribution < 1.29 is 9.13 Å². The second kappa shape index (κ2) is 6.13. The summed E-state index contributed by atoms with van der Waals surface area (Å²) in [5, 5.41) is 0. The van der Waals surface area contributed by atoms with E-state index in [4.69, 9.17) is 10.6 Å². The molecule has 0 saturated carbocycles. The molecule has 1 aliphatic rings. The van der Waals surface area contributed by atoms with Crippen LogP contribution < -0.4 is 16.0 Å². The molecule has 2 aromatic rings. The Kier molecular flexibility index (Phi) is 4.24. The second-order valence-corrected chi connectivity index (χ2v) is 5.82. The van der Waals surface area contributed by atoms with E-state index in [9.17, 15) is 4.39 Å². The third kappa shape index (κ3) is 2.69. The van der Waals surface area contributed by atoms with Gasteiger partial charge in [0.1, 0.15) is 11.6 Å². The third-order valence-electron chi connectivity index (χ3n) is 3.73. The standard InChI is InChI=1S/C16H16BrFN2O/c17-14-11(6-2-8-13(14)18)15(20-19)12-7-1-4-10-5-3-9-21-16(10)12/h1-2,4,6-8,15,20H,3,5,9,19H2. The molecule has 0 bridgehead atoms. The molecule has 21 heavy (non-hydrogen) atoms. The molecule has 0 aromatic heterocycles. The molecule has 1 aliphatic heterocycles. The summed E-state index contributed by atoms with van der Waals surface area (Å²) in [6.45, 7) is 0.700. The molecule has 2 aromatic carbocycles. The minimum atomic E-state index is -0.330. The Morgan fingerprint density at radius 3 is 2.76 bits per heavy atom. The third-order valence-corrected chi connectivity index (χ3v) is 4.57. The highest BCUT2D eigenvalue weighted by Crippen LogP contribution is 2.37. The number of fused-ring (bicyclic) bond motifs is 1. The zero-order chi connectivity index (χ0) is 14.8. The number of hydrogen-bond acceptors (Lipinski definition) is 3. The Hall–Kier alpha value is -1.43. The van der Waals surface area contributed by atoms with Gasteiger partial charge in [0.15, 0.2) is 0 Å². The van der Waals surface area contributed by atoms with Crippen molar-refractivity contribution in [2.75, 3.05) is 6.61 Å². The first kappa shape index (κ1) is 14.5. The van der Waals surface area contributed by atoms with Crippen LogP contribution in [0.1, 0.15) is 29.2 Å². The van der Waals surface area contributed by atoms with Gasteiger partial charge in [0.25, 0.3) is 0 Å². The van der Waals surface area contributed by atoms with Crippen LogP contribution in [0.5, 0.6) is 5.75 Å². The predicted molar refractivity (Wildman–Crippen MR) is 83.5 cm³/mol. The van der Waals surface area contributed by atoms with E-state index in [1.165, 1.54) is 11.6 Å². The van der Waals surface area contributed by atoms with E-state index in [2.05, 4.69) is 27.4 Å². The number of ether oxygens (including phenoxy) is 1. The Morgan fingerprint density at radius 2 is 1.95 bits per heavy atom. The average Bonchev–Trinajstić information content (AvgIpc) is 2.52. The summed E-state index contributed by atoms with van der Waals surface area (Å²) in [4.78, 5) is 0. The highest BCUT2D eigenvalue weighted by atomic mass is 79.9. The molecule has 3 rings (SSSR count). The summed E-state index contributed by atoms with van der Waals surface area (Å²) in [5.41, 5.74) is 5.63. The summed E-state index contributed by atoms with van der Waals surface area (Å²) < 4.78 is 20.0. The fourth-order valence-electron chi connectivity index (χ4n) is 2.73. The minimum absolute atomic E-state index is 0.307. The van der Waals surface area contributed by atoms with Crippen LogP contribution >= 0.6 is 15.9 Å². The fraction of sp³-hybridized carbons (Fsp3) is 0.250. The molecular weight excluding hydrogens is 335 g/mol. The van der Waals surface area contributed by atoms with Crippen LogP contribution in [0, 0.1) is 5.82 Å². The van der Waals surface area contributed by atoms with Crippen LogP contribution in [0.2, 0.25) is 0 Å². The Labute approximate surface area is 131 Å². The van der Waals surface area contributed by atoms with Crippen molar-refractivity contribution in [2.45, 2.75) is 18.9 Å². The number of nitrogens with one attached hydrogen (secondary N) is 1. The lowest BCUT2D eigenvalue weighted by molar-refractivity contribution is 0.283. The van der Waals surface area contributed by atoms with Gasteiger partial charge in [0, 0.05) is 5.56 Å². The number of aryl methyl sites for hydroxylation is 1. The van der Waals surface area contributed by atoms with Crippen LogP contribution in [0.3, 0.4) is 0 Å². The molecule has 0 saturated heterocycles. The first-order valence-corrected chi connectivity index (χ1v) is 7.66. The molecule has 0 aliphatic carbocycles. The highest BCUT2D eigenvalue weighted by molar-refractivity contribution is 9.10. The van der Waals surface area contributed by atoms with Crippen LogP contribution in [-0.4, -0.2) is 6.61 Å². The van der Waals surface area contributed by atoms with Gasteiger partial charge in [-0.05, 0) is 46.0 Å². The van der Waals surface area contributed by atoms with E-state index in [1.54, 1.807) is 6.07 Å². The Bertz CT molecular complexity index is 663. The summed E-state index contributed by atoms with van der Waals surface area (Å²) in [7, 11) is 0. The van der Waals surface area contributed by atoms with E-state index in [0.717, 1.165) is 29.7 Å². The minimum Gasteiger partial charge on any atom is -0.493 e. The topological polar surface area (TPSA) is 47.3 Å². The number of para-hydroxylation sites is 1. The molecular formula is C16H16BrFN2O. The van der Waals surface area contributed by atoms with Gasteiger partial charge in [-0.15, -0.1) is 0 Å². The summed E-state index contributed by atoms with van der Waals surface area (Å²) in [6.07, 6.45) is 2.01. The molecule has 0 fully saturated rings. The highest BCUT2D eigenvalue weighted by Gasteiger charge is 2.23. The zero-order valence-electron chi connectivity index (χ0n) is 11.4. The van der Waals surface area contributed by atoms with Gasteiger partial charge in [-0.25, -0.2) is 9.82 Å². The normalized spacial score (nSPS) is 15.2. The quantitative estimate of drug-likeness (QED) is 0.658. The number of benzene rings is 2. The molecule has 3 nitrogen and oxygen atoms in total. The fourth-order valence-corrected chi connectivity index (χ4v) is 3.23. The molecule has 1 unspecified atom stereocenters. The van der Waals surface area contributed by atoms with Gasteiger partial charge in [0.05, 0.1) is 17.1 Å². The number of rotatable bonds is 3. The molecule has 110 valence electrons. The van der Waals surface area contributed by atoms with Crippen LogP contribution in [0.15, 0.2) is 40.9 Å². The summed E-state index contributed by atoms with van der Waals surface area (Å²) in [5.74, 6) is 6.30. The molecule has 5 heteroatoms. The molecule has 1 heterocycles. The van der Waals surface area contributed by atoms with Crippen LogP contribution in [-0.2, 0) is 6.42 Å². The number of halogens is 2. The van der Waals surface area contributed by atoms with Gasteiger partial charge in [-0.2, -0.15) is 0 Å². The van der Waals surface area contributed by atoms with E-state index in [0.29, 0.717) is 11.1 Å². The maximum atomic E-state index is 13.8. The lowest BCUT2D eigenvalue weighted by atomic mass is 9.94. The molecule has 0 amide bonds. The second-order valence-electron chi connectivity index (χ2n) is 5.03. The van der Waals surface area contributed by atoms with Crippen molar-refractivity contribution in [3.63, 3.8) is 0 Å². The molecule has 1 atom stereocenters. The van der Waals surface area contributed by atoms with Crippen molar-refractivity contribution in [1.29, 1.82) is 0 Å². The average molecular weight is 351 g/mol. The lowest BCUT2D eigenvalue weighted by Crippen LogP contribution is -2.30. The Morgan fingerprint density at radius 1 is 1.19 bits per heavy atom. The summed E-state index contributed by atoms with van der Waals surface area (Å²) >= 11 is 3.30. The maximum Gasteiger partial charge on any atom is 0.137 e. The van der Waals surface area contributed by atoms with Gasteiger partial charge in [-0.1, -0.05) is 30.3 Å². The van der Waals surface area contributed by atoms with E-state index >= 15 is 0 Å². The predicted octanol–water partition coefficient (Wildman–Crippen LogP) is 3.47. The van der Waals surface area contributed by atoms with Gasteiger partial charge in [0.2, 0.25) is 0 Å². The smallest absolute Gasteiger partial charge is 0.137 e. The molecule has 0 radical (unpaired) electrons. The molecule has 3 N–H and O–H groups in total. The van der Waals surface area contributed by atoms with Gasteiger partial charge >= 0.3 is 0 Å². The van der Waals surface area contributed by atoms with Crippen LogP contribution in [0.4, 0.5) is 4.39 Å². The molecule has 0 spiro atoms. The largest absolute Gasteiger partial charge is 0.493 e. The first-order valence-electron chi connectivity index (χ1n) is 6.87. The van der Waals surface area contributed by atoms with Crippen molar-refractivity contribution >= 4 is 15.9 Å². The maximum absolute atomic E-state index is 13.8. The van der Waals surface area contributed by atoms with E-state index in [1.807, 2.05) is 18.2 Å². The van der Waals surface area contributed by atoms with E-state index < -0.39 is 0 Å². The van der Waals surface area contributed by atoms with Crippen molar-refractivity contribution in [3.05, 3.63) is 63.4 Å². The van der Waals surface area contributed by atoms with E-state index in [-0.39, 0.29) is 11.9 Å². The monoisotopic (exact) mass is 350 g/mol. The number of hydrogen-bond donors (Lipinski definition) is 2. The first-order chi connectivity index (χ1) is 10.2. The lowest BCUT2D eigenvalue weighted by Gasteiger charge is -2.25. The zero-order valence-corrected chi connectivity index (χ0v) is 13.0. The van der Waals surface area contributed by atoms with Crippen molar-refractivity contribution in [1.82, 2.24) is 5.43 Å².